The van der Waals surface area contributed by atoms with Gasteiger partial charge in [0.05, 0.1) is 11.2 Å². The number of ketones is 1. The molecule has 0 spiro atoms. The van der Waals surface area contributed by atoms with E-state index in [1.165, 1.54) is 6.92 Å². The van der Waals surface area contributed by atoms with Crippen LogP contribution in [0.25, 0.3) is 0 Å². The van der Waals surface area contributed by atoms with Gasteiger partial charge in [-0.3, -0.25) is 4.79 Å². The fourth-order valence-corrected chi connectivity index (χ4v) is 1.50. The van der Waals surface area contributed by atoms with Crippen LogP contribution in [0.3, 0.4) is 0 Å². The predicted molar refractivity (Wildman–Crippen MR) is 65.9 cm³/mol. The molecule has 0 saturated heterocycles. The van der Waals surface area contributed by atoms with Gasteiger partial charge < -0.3 is 9.84 Å². The molecule has 88 valence electrons. The number of hydrogen-bond donors (Lipinski definition) is 1. The van der Waals surface area contributed by atoms with Crippen molar-refractivity contribution in [1.29, 1.82) is 0 Å². The lowest BCUT2D eigenvalue weighted by molar-refractivity contribution is 0.0281. The molecular formula is C12H15BrO3. The van der Waals surface area contributed by atoms with Crippen LogP contribution in [0.1, 0.15) is 31.1 Å². The minimum absolute atomic E-state index is 0.0572. The van der Waals surface area contributed by atoms with Crippen LogP contribution in [0.4, 0.5) is 0 Å². The zero-order chi connectivity index (χ0) is 12.3. The smallest absolute Gasteiger partial charge is 0.163 e. The third-order valence-corrected chi connectivity index (χ3v) is 2.40. The highest BCUT2D eigenvalue weighted by atomic mass is 79.9. The van der Waals surface area contributed by atoms with Crippen molar-refractivity contribution in [2.75, 3.05) is 6.61 Å². The largest absolute Gasteiger partial charge is 0.490 e. The molecule has 1 aromatic carbocycles. The van der Waals surface area contributed by atoms with E-state index >= 15 is 0 Å². The van der Waals surface area contributed by atoms with Crippen LogP contribution >= 0.6 is 15.9 Å². The Bertz CT molecular complexity index is 394. The van der Waals surface area contributed by atoms with Crippen LogP contribution in [-0.2, 0) is 0 Å². The van der Waals surface area contributed by atoms with Crippen molar-refractivity contribution in [2.45, 2.75) is 26.4 Å². The summed E-state index contributed by atoms with van der Waals surface area (Å²) in [7, 11) is 0. The number of Topliss-reactive ketones (excluding diaryl/α,β-unsaturated/α-hetero) is 1. The Morgan fingerprint density at radius 2 is 2.12 bits per heavy atom. The van der Waals surface area contributed by atoms with Crippen LogP contribution < -0.4 is 4.74 Å². The molecule has 0 radical (unpaired) electrons. The first-order valence-electron chi connectivity index (χ1n) is 4.95. The van der Waals surface area contributed by atoms with E-state index in [0.717, 1.165) is 4.47 Å². The number of hydrogen-bond acceptors (Lipinski definition) is 3. The van der Waals surface area contributed by atoms with Crippen molar-refractivity contribution in [3.05, 3.63) is 28.2 Å². The second-order valence-corrected chi connectivity index (χ2v) is 5.21. The van der Waals surface area contributed by atoms with Crippen molar-refractivity contribution in [2.24, 2.45) is 0 Å². The van der Waals surface area contributed by atoms with Gasteiger partial charge in [-0.05, 0) is 39.0 Å². The summed E-state index contributed by atoms with van der Waals surface area (Å²) in [6, 6.07) is 5.21. The third-order valence-electron chi connectivity index (χ3n) is 1.90. The first-order valence-corrected chi connectivity index (χ1v) is 5.74. The summed E-state index contributed by atoms with van der Waals surface area (Å²) < 4.78 is 6.28. The molecule has 0 fully saturated rings. The summed E-state index contributed by atoms with van der Waals surface area (Å²) in [6.07, 6.45) is 0. The van der Waals surface area contributed by atoms with E-state index < -0.39 is 5.60 Å². The first-order chi connectivity index (χ1) is 7.29. The van der Waals surface area contributed by atoms with Gasteiger partial charge in [0.15, 0.2) is 5.78 Å². The molecule has 0 aromatic heterocycles. The second kappa shape index (κ2) is 4.97. The van der Waals surface area contributed by atoms with Crippen molar-refractivity contribution in [1.82, 2.24) is 0 Å². The maximum atomic E-state index is 11.3. The summed E-state index contributed by atoms with van der Waals surface area (Å²) in [5.74, 6) is 0.433. The Labute approximate surface area is 104 Å². The average molecular weight is 287 g/mol. The third kappa shape index (κ3) is 3.94. The minimum Gasteiger partial charge on any atom is -0.490 e. The van der Waals surface area contributed by atoms with Crippen LogP contribution in [0.5, 0.6) is 5.75 Å². The van der Waals surface area contributed by atoms with E-state index in [4.69, 9.17) is 4.74 Å². The molecule has 0 heterocycles. The molecule has 0 unspecified atom stereocenters. The molecule has 0 aliphatic heterocycles. The molecule has 0 saturated carbocycles. The predicted octanol–water partition coefficient (Wildman–Crippen LogP) is 2.80. The van der Waals surface area contributed by atoms with Gasteiger partial charge in [-0.2, -0.15) is 0 Å². The molecule has 0 aliphatic rings. The van der Waals surface area contributed by atoms with Crippen molar-refractivity contribution in [3.63, 3.8) is 0 Å². The second-order valence-electron chi connectivity index (χ2n) is 4.30. The number of carbonyl (C=O) groups is 1. The molecule has 0 bridgehead atoms. The van der Waals surface area contributed by atoms with Gasteiger partial charge in [0, 0.05) is 4.47 Å². The fraction of sp³-hybridized carbons (Fsp3) is 0.417. The molecule has 4 heteroatoms. The topological polar surface area (TPSA) is 46.5 Å². The summed E-state index contributed by atoms with van der Waals surface area (Å²) in [6.45, 7) is 4.93. The molecule has 1 rings (SSSR count). The first kappa shape index (κ1) is 13.2. The normalized spacial score (nSPS) is 11.3. The Balaban J connectivity index is 2.93. The molecular weight excluding hydrogens is 272 g/mol. The number of benzene rings is 1. The van der Waals surface area contributed by atoms with Gasteiger partial charge in [0.25, 0.3) is 0 Å². The maximum absolute atomic E-state index is 11.3. The summed E-state index contributed by atoms with van der Waals surface area (Å²) in [4.78, 5) is 11.3. The number of ether oxygens (including phenoxy) is 1. The molecule has 0 aliphatic carbocycles. The lowest BCUT2D eigenvalue weighted by atomic mass is 10.1. The van der Waals surface area contributed by atoms with Crippen molar-refractivity contribution >= 4 is 21.7 Å². The fourth-order valence-electron chi connectivity index (χ4n) is 1.16. The molecule has 0 atom stereocenters. The molecule has 1 N–H and O–H groups in total. The molecule has 1 aromatic rings. The number of carbonyl (C=O) groups excluding carboxylic acids is 1. The van der Waals surface area contributed by atoms with E-state index in [1.807, 2.05) is 0 Å². The summed E-state index contributed by atoms with van der Waals surface area (Å²) in [5.41, 5.74) is -0.399. The highest BCUT2D eigenvalue weighted by Gasteiger charge is 2.16. The van der Waals surface area contributed by atoms with Gasteiger partial charge in [-0.15, -0.1) is 0 Å². The Hall–Kier alpha value is -0.870. The van der Waals surface area contributed by atoms with E-state index in [2.05, 4.69) is 15.9 Å². The Kier molecular flexibility index (Phi) is 4.10. The van der Waals surface area contributed by atoms with Crippen molar-refractivity contribution < 1.29 is 14.6 Å². The standard InChI is InChI=1S/C12H15BrO3/c1-8(14)10-5-4-9(13)6-11(10)16-7-12(2,3)15/h4-6,15H,7H2,1-3H3. The van der Waals surface area contributed by atoms with Crippen LogP contribution in [0.2, 0.25) is 0 Å². The van der Waals surface area contributed by atoms with Gasteiger partial charge >= 0.3 is 0 Å². The zero-order valence-corrected chi connectivity index (χ0v) is 11.2. The summed E-state index contributed by atoms with van der Waals surface area (Å²) in [5, 5.41) is 9.56. The van der Waals surface area contributed by atoms with Crippen LogP contribution in [0.15, 0.2) is 22.7 Å². The maximum Gasteiger partial charge on any atom is 0.163 e. The highest BCUT2D eigenvalue weighted by molar-refractivity contribution is 9.10. The van der Waals surface area contributed by atoms with E-state index in [9.17, 15) is 9.90 Å². The monoisotopic (exact) mass is 286 g/mol. The minimum atomic E-state index is -0.920. The molecule has 0 amide bonds. The van der Waals surface area contributed by atoms with Crippen LogP contribution in [-0.4, -0.2) is 23.1 Å². The zero-order valence-electron chi connectivity index (χ0n) is 9.58. The SMILES string of the molecule is CC(=O)c1ccc(Br)cc1OCC(C)(C)O. The van der Waals surface area contributed by atoms with Gasteiger partial charge in [0.2, 0.25) is 0 Å². The van der Waals surface area contributed by atoms with Gasteiger partial charge in [0.1, 0.15) is 12.4 Å². The van der Waals surface area contributed by atoms with E-state index in [0.29, 0.717) is 11.3 Å². The number of aliphatic hydroxyl groups is 1. The number of halogens is 1. The summed E-state index contributed by atoms with van der Waals surface area (Å²) >= 11 is 3.31. The Morgan fingerprint density at radius 3 is 2.62 bits per heavy atom. The average Bonchev–Trinajstić information content (AvgIpc) is 2.13. The lowest BCUT2D eigenvalue weighted by Crippen LogP contribution is -2.28. The number of rotatable bonds is 4. The molecule has 16 heavy (non-hydrogen) atoms. The van der Waals surface area contributed by atoms with E-state index in [-0.39, 0.29) is 12.4 Å². The van der Waals surface area contributed by atoms with Gasteiger partial charge in [-0.25, -0.2) is 0 Å². The lowest BCUT2D eigenvalue weighted by Gasteiger charge is -2.19. The van der Waals surface area contributed by atoms with Crippen LogP contribution in [0, 0.1) is 0 Å². The Morgan fingerprint density at radius 1 is 1.50 bits per heavy atom. The highest BCUT2D eigenvalue weighted by Crippen LogP contribution is 2.25. The quantitative estimate of drug-likeness (QED) is 0.866. The van der Waals surface area contributed by atoms with Crippen molar-refractivity contribution in [3.8, 4) is 5.75 Å². The molecule has 3 nitrogen and oxygen atoms in total. The van der Waals surface area contributed by atoms with E-state index in [1.54, 1.807) is 32.0 Å². The van der Waals surface area contributed by atoms with Gasteiger partial charge in [-0.1, -0.05) is 15.9 Å².